The summed E-state index contributed by atoms with van der Waals surface area (Å²) in [6.45, 7) is 0.293. The Morgan fingerprint density at radius 3 is 2.92 bits per heavy atom. The van der Waals surface area contributed by atoms with Crippen LogP contribution in [-0.4, -0.2) is 28.9 Å². The van der Waals surface area contributed by atoms with Gasteiger partial charge in [-0.25, -0.2) is 0 Å². The van der Waals surface area contributed by atoms with Crippen molar-refractivity contribution in [3.8, 4) is 11.5 Å². The van der Waals surface area contributed by atoms with Gasteiger partial charge in [0, 0.05) is 41.8 Å². The molecular weight excluding hydrogens is 320 g/mol. The first-order valence-electron chi connectivity index (χ1n) is 8.03. The van der Waals surface area contributed by atoms with E-state index in [0.29, 0.717) is 17.1 Å². The molecular formula is C19H18N2O4. The number of nitrogens with one attached hydrogen (secondary N) is 1. The fraction of sp³-hybridized carbons (Fsp3) is 0.211. The maximum Gasteiger partial charge on any atom is 0.251 e. The quantitative estimate of drug-likeness (QED) is 0.766. The lowest BCUT2D eigenvalue weighted by atomic mass is 10.1. The summed E-state index contributed by atoms with van der Waals surface area (Å²) in [7, 11) is 1.93. The molecule has 2 aromatic carbocycles. The maximum atomic E-state index is 12.3. The van der Waals surface area contributed by atoms with Crippen molar-refractivity contribution in [3.63, 3.8) is 0 Å². The first-order valence-corrected chi connectivity index (χ1v) is 8.03. The van der Waals surface area contributed by atoms with Gasteiger partial charge >= 0.3 is 0 Å². The molecule has 0 fully saturated rings. The Kier molecular flexibility index (Phi) is 3.82. The number of fused-ring (bicyclic) bond motifs is 2. The molecule has 0 spiro atoms. The monoisotopic (exact) mass is 338 g/mol. The number of carbonyl (C=O) groups excluding carboxylic acids is 1. The zero-order chi connectivity index (χ0) is 17.4. The van der Waals surface area contributed by atoms with Gasteiger partial charge in [-0.1, -0.05) is 18.2 Å². The normalized spacial score (nSPS) is 13.8. The number of hydrogen-bond acceptors (Lipinski definition) is 4. The van der Waals surface area contributed by atoms with Crippen molar-refractivity contribution >= 4 is 16.8 Å². The van der Waals surface area contributed by atoms with Crippen LogP contribution in [0.3, 0.4) is 0 Å². The molecule has 4 rings (SSSR count). The number of ether oxygens (including phenoxy) is 2. The number of carbonyl (C=O) groups is 1. The Morgan fingerprint density at radius 2 is 2.04 bits per heavy atom. The third kappa shape index (κ3) is 2.81. The summed E-state index contributed by atoms with van der Waals surface area (Å²) in [4.78, 5) is 12.3. The molecule has 2 heterocycles. The van der Waals surface area contributed by atoms with Crippen LogP contribution in [0.4, 0.5) is 0 Å². The lowest BCUT2D eigenvalue weighted by Gasteiger charge is -2.11. The number of benzene rings is 2. The molecule has 1 aliphatic heterocycles. The van der Waals surface area contributed by atoms with E-state index in [-0.39, 0.29) is 19.2 Å². The van der Waals surface area contributed by atoms with Crippen molar-refractivity contribution in [3.05, 3.63) is 59.8 Å². The van der Waals surface area contributed by atoms with E-state index in [0.717, 1.165) is 16.5 Å². The molecule has 0 saturated carbocycles. The van der Waals surface area contributed by atoms with Gasteiger partial charge in [-0.3, -0.25) is 4.79 Å². The van der Waals surface area contributed by atoms with Crippen LogP contribution >= 0.6 is 0 Å². The van der Waals surface area contributed by atoms with Crippen molar-refractivity contribution < 1.29 is 19.4 Å². The van der Waals surface area contributed by atoms with E-state index in [4.69, 9.17) is 9.47 Å². The van der Waals surface area contributed by atoms with E-state index in [2.05, 4.69) is 5.32 Å². The summed E-state index contributed by atoms with van der Waals surface area (Å²) >= 11 is 0. The van der Waals surface area contributed by atoms with Crippen molar-refractivity contribution in [2.75, 3.05) is 13.3 Å². The van der Waals surface area contributed by atoms with Crippen molar-refractivity contribution in [2.24, 2.45) is 7.05 Å². The number of amides is 1. The lowest BCUT2D eigenvalue weighted by molar-refractivity contribution is 0.0916. The standard InChI is InChI=1S/C19H18N2O4/c1-21-10-14(13-4-2-3-5-15(13)21)16(22)9-20-19(23)12-6-7-17-18(8-12)25-11-24-17/h2-8,10,16,22H,9,11H2,1H3,(H,20,23)/t16-/m1/s1. The molecule has 25 heavy (non-hydrogen) atoms. The molecule has 0 aliphatic carbocycles. The Bertz CT molecular complexity index is 948. The molecule has 3 aromatic rings. The number of hydrogen-bond donors (Lipinski definition) is 2. The van der Waals surface area contributed by atoms with E-state index in [9.17, 15) is 9.90 Å². The minimum atomic E-state index is -0.788. The summed E-state index contributed by atoms with van der Waals surface area (Å²) < 4.78 is 12.5. The van der Waals surface area contributed by atoms with Gasteiger partial charge < -0.3 is 24.5 Å². The lowest BCUT2D eigenvalue weighted by Crippen LogP contribution is -2.28. The van der Waals surface area contributed by atoms with Crippen molar-refractivity contribution in [2.45, 2.75) is 6.10 Å². The molecule has 6 nitrogen and oxygen atoms in total. The van der Waals surface area contributed by atoms with E-state index >= 15 is 0 Å². The smallest absolute Gasteiger partial charge is 0.251 e. The SMILES string of the molecule is Cn1cc([C@H](O)CNC(=O)c2ccc3c(c2)OCO3)c2ccccc21. The Labute approximate surface area is 144 Å². The van der Waals surface area contributed by atoms with Gasteiger partial charge in [-0.15, -0.1) is 0 Å². The predicted octanol–water partition coefficient (Wildman–Crippen LogP) is 2.37. The largest absolute Gasteiger partial charge is 0.454 e. The summed E-state index contributed by atoms with van der Waals surface area (Å²) in [6, 6.07) is 12.9. The van der Waals surface area contributed by atoms with Gasteiger partial charge in [-0.2, -0.15) is 0 Å². The van der Waals surface area contributed by atoms with E-state index < -0.39 is 6.10 Å². The molecule has 0 unspecified atom stereocenters. The molecule has 6 heteroatoms. The van der Waals surface area contributed by atoms with Crippen molar-refractivity contribution in [1.29, 1.82) is 0 Å². The second-order valence-corrected chi connectivity index (χ2v) is 6.01. The fourth-order valence-electron chi connectivity index (χ4n) is 3.08. The Morgan fingerprint density at radius 1 is 1.24 bits per heavy atom. The first kappa shape index (κ1) is 15.5. The third-order valence-corrected chi connectivity index (χ3v) is 4.38. The number of aryl methyl sites for hydroxylation is 1. The topological polar surface area (TPSA) is 72.7 Å². The van der Waals surface area contributed by atoms with Gasteiger partial charge in [0.1, 0.15) is 0 Å². The van der Waals surface area contributed by atoms with E-state index in [1.165, 1.54) is 0 Å². The van der Waals surface area contributed by atoms with E-state index in [1.807, 2.05) is 42.1 Å². The van der Waals surface area contributed by atoms with Crippen LogP contribution in [0.15, 0.2) is 48.7 Å². The van der Waals surface area contributed by atoms with Gasteiger partial charge in [0.05, 0.1) is 6.10 Å². The highest BCUT2D eigenvalue weighted by Gasteiger charge is 2.18. The van der Waals surface area contributed by atoms with Crippen LogP contribution in [-0.2, 0) is 7.05 Å². The number of aromatic nitrogens is 1. The highest BCUT2D eigenvalue weighted by Crippen LogP contribution is 2.32. The first-order chi connectivity index (χ1) is 12.1. The minimum Gasteiger partial charge on any atom is -0.454 e. The van der Waals surface area contributed by atoms with Crippen LogP contribution in [0.25, 0.3) is 10.9 Å². The molecule has 1 aliphatic rings. The zero-order valence-corrected chi connectivity index (χ0v) is 13.7. The Balaban J connectivity index is 1.48. The number of aliphatic hydroxyl groups excluding tert-OH is 1. The van der Waals surface area contributed by atoms with Crippen LogP contribution in [0.2, 0.25) is 0 Å². The second-order valence-electron chi connectivity index (χ2n) is 6.01. The minimum absolute atomic E-state index is 0.126. The van der Waals surface area contributed by atoms with Gasteiger partial charge in [0.2, 0.25) is 6.79 Å². The fourth-order valence-corrected chi connectivity index (χ4v) is 3.08. The molecule has 0 bridgehead atoms. The predicted molar refractivity (Wildman–Crippen MR) is 92.8 cm³/mol. The molecule has 1 atom stereocenters. The zero-order valence-electron chi connectivity index (χ0n) is 13.7. The Hall–Kier alpha value is -2.99. The van der Waals surface area contributed by atoms with Crippen LogP contribution in [0.1, 0.15) is 22.0 Å². The molecule has 1 amide bonds. The third-order valence-electron chi connectivity index (χ3n) is 4.38. The molecule has 1 aromatic heterocycles. The molecule has 0 radical (unpaired) electrons. The average Bonchev–Trinajstić information content (AvgIpc) is 3.23. The van der Waals surface area contributed by atoms with Gasteiger partial charge in [0.15, 0.2) is 11.5 Å². The van der Waals surface area contributed by atoms with Crippen LogP contribution < -0.4 is 14.8 Å². The van der Waals surface area contributed by atoms with Gasteiger partial charge in [-0.05, 0) is 24.3 Å². The number of rotatable bonds is 4. The number of aliphatic hydroxyl groups is 1. The number of nitrogens with zero attached hydrogens (tertiary/aromatic N) is 1. The van der Waals surface area contributed by atoms with Crippen LogP contribution in [0.5, 0.6) is 11.5 Å². The summed E-state index contributed by atoms with van der Waals surface area (Å²) in [5.41, 5.74) is 2.30. The van der Waals surface area contributed by atoms with Crippen molar-refractivity contribution in [1.82, 2.24) is 9.88 Å². The molecule has 128 valence electrons. The summed E-state index contributed by atoms with van der Waals surface area (Å²) in [5, 5.41) is 14.3. The molecule has 0 saturated heterocycles. The van der Waals surface area contributed by atoms with E-state index in [1.54, 1.807) is 18.2 Å². The highest BCUT2D eigenvalue weighted by molar-refractivity contribution is 5.95. The second kappa shape index (κ2) is 6.14. The maximum absolute atomic E-state index is 12.3. The van der Waals surface area contributed by atoms with Crippen LogP contribution in [0, 0.1) is 0 Å². The number of para-hydroxylation sites is 1. The summed E-state index contributed by atoms with van der Waals surface area (Å²) in [6.07, 6.45) is 1.10. The van der Waals surface area contributed by atoms with Gasteiger partial charge in [0.25, 0.3) is 5.91 Å². The summed E-state index contributed by atoms with van der Waals surface area (Å²) in [5.74, 6) is 0.923. The highest BCUT2D eigenvalue weighted by atomic mass is 16.7. The molecule has 2 N–H and O–H groups in total. The average molecular weight is 338 g/mol.